The van der Waals surface area contributed by atoms with Gasteiger partial charge in [0.05, 0.1) is 18.6 Å². The summed E-state index contributed by atoms with van der Waals surface area (Å²) < 4.78 is 149. The predicted octanol–water partition coefficient (Wildman–Crippen LogP) is 5.79. The molecule has 0 aliphatic carbocycles. The van der Waals surface area contributed by atoms with Crippen molar-refractivity contribution in [3.63, 3.8) is 0 Å². The van der Waals surface area contributed by atoms with E-state index in [4.69, 9.17) is 4.74 Å². The van der Waals surface area contributed by atoms with Crippen LogP contribution in [0, 0.1) is 0 Å². The highest BCUT2D eigenvalue weighted by atomic mass is 19.4. The molecule has 13 heteroatoms. The van der Waals surface area contributed by atoms with Crippen LogP contribution in [0.25, 0.3) is 0 Å². The average Bonchev–Trinajstić information content (AvgIpc) is 2.53. The molecule has 29 heavy (non-hydrogen) atoms. The summed E-state index contributed by atoms with van der Waals surface area (Å²) in [6.07, 6.45) is -9.82. The summed E-state index contributed by atoms with van der Waals surface area (Å²) in [5.41, 5.74) is -3.58. The standard InChI is InChI=1S/C16H15F11O2/c1-3-29-10-6-4-5-9(7-10)11(2,28)8-12(17,18)13(19,20)14(21,22)15(23,24)16(25,26)27/h4-7,28H,3,8H2,1-2H3. The largest absolute Gasteiger partial charge is 0.494 e. The van der Waals surface area contributed by atoms with Gasteiger partial charge in [-0.1, -0.05) is 12.1 Å². The quantitative estimate of drug-likeness (QED) is 0.511. The van der Waals surface area contributed by atoms with Crippen molar-refractivity contribution < 1.29 is 58.1 Å². The number of alkyl halides is 11. The zero-order chi connectivity index (χ0) is 23.1. The molecule has 168 valence electrons. The van der Waals surface area contributed by atoms with Crippen LogP contribution in [0.4, 0.5) is 48.3 Å². The van der Waals surface area contributed by atoms with Crippen molar-refractivity contribution in [2.75, 3.05) is 6.61 Å². The molecule has 0 heterocycles. The summed E-state index contributed by atoms with van der Waals surface area (Å²) in [6.45, 7) is 2.06. The molecule has 1 N–H and O–H groups in total. The first-order valence-corrected chi connectivity index (χ1v) is 7.78. The lowest BCUT2D eigenvalue weighted by Gasteiger charge is -2.39. The lowest BCUT2D eigenvalue weighted by molar-refractivity contribution is -0.424. The van der Waals surface area contributed by atoms with Gasteiger partial charge >= 0.3 is 29.9 Å². The molecule has 0 radical (unpaired) electrons. The Balaban J connectivity index is 3.33. The van der Waals surface area contributed by atoms with Gasteiger partial charge in [0, 0.05) is 0 Å². The van der Waals surface area contributed by atoms with Crippen LogP contribution < -0.4 is 4.74 Å². The molecule has 0 aliphatic heterocycles. The third kappa shape index (κ3) is 4.38. The molecule has 0 fully saturated rings. The molecule has 1 unspecified atom stereocenters. The predicted molar refractivity (Wildman–Crippen MR) is 77.6 cm³/mol. The lowest BCUT2D eigenvalue weighted by Crippen LogP contribution is -2.67. The summed E-state index contributed by atoms with van der Waals surface area (Å²) in [7, 11) is 0. The number of aliphatic hydroxyl groups is 1. The Kier molecular flexibility index (Phi) is 6.51. The van der Waals surface area contributed by atoms with Gasteiger partial charge < -0.3 is 9.84 Å². The topological polar surface area (TPSA) is 29.5 Å². The minimum absolute atomic E-state index is 0.0331. The Morgan fingerprint density at radius 1 is 0.828 bits per heavy atom. The maximum atomic E-state index is 13.9. The molecule has 1 aromatic carbocycles. The molecule has 1 aromatic rings. The average molecular weight is 448 g/mol. The van der Waals surface area contributed by atoms with Crippen LogP contribution in [-0.2, 0) is 5.60 Å². The van der Waals surface area contributed by atoms with E-state index < -0.39 is 47.5 Å². The highest BCUT2D eigenvalue weighted by Crippen LogP contribution is 2.59. The van der Waals surface area contributed by atoms with Gasteiger partial charge in [-0.3, -0.25) is 0 Å². The zero-order valence-electron chi connectivity index (χ0n) is 14.7. The molecule has 0 amide bonds. The van der Waals surface area contributed by atoms with Crippen LogP contribution in [0.5, 0.6) is 5.75 Å². The Morgan fingerprint density at radius 3 is 1.79 bits per heavy atom. The molecule has 2 nitrogen and oxygen atoms in total. The minimum atomic E-state index is -7.51. The fourth-order valence-corrected chi connectivity index (χ4v) is 2.34. The van der Waals surface area contributed by atoms with Gasteiger partial charge in [-0.05, 0) is 31.5 Å². The second-order valence-corrected chi connectivity index (χ2v) is 6.34. The Labute approximate surface area is 157 Å². The first kappa shape index (κ1) is 25.2. The molecular weight excluding hydrogens is 433 g/mol. The Morgan fingerprint density at radius 2 is 1.34 bits per heavy atom. The summed E-state index contributed by atoms with van der Waals surface area (Å²) in [6, 6.07) is 4.20. The maximum Gasteiger partial charge on any atom is 0.460 e. The van der Waals surface area contributed by atoms with Crippen molar-refractivity contribution in [1.82, 2.24) is 0 Å². The molecule has 0 saturated heterocycles. The van der Waals surface area contributed by atoms with Crippen LogP contribution in [-0.4, -0.2) is 41.6 Å². The molecule has 0 spiro atoms. The highest BCUT2D eigenvalue weighted by molar-refractivity contribution is 5.32. The van der Waals surface area contributed by atoms with E-state index >= 15 is 0 Å². The van der Waals surface area contributed by atoms with Gasteiger partial charge in [0.2, 0.25) is 0 Å². The molecule has 0 aliphatic rings. The first-order chi connectivity index (χ1) is 12.7. The van der Waals surface area contributed by atoms with Crippen LogP contribution in [0.15, 0.2) is 24.3 Å². The number of rotatable bonds is 8. The fraction of sp³-hybridized carbons (Fsp3) is 0.625. The van der Waals surface area contributed by atoms with E-state index in [0.717, 1.165) is 18.2 Å². The Bertz CT molecular complexity index is 711. The number of hydrogen-bond donors (Lipinski definition) is 1. The van der Waals surface area contributed by atoms with Gasteiger partial charge in [0.1, 0.15) is 5.75 Å². The van der Waals surface area contributed by atoms with Crippen molar-refractivity contribution in [3.8, 4) is 5.75 Å². The van der Waals surface area contributed by atoms with Crippen molar-refractivity contribution in [2.24, 2.45) is 0 Å². The van der Waals surface area contributed by atoms with E-state index in [1.54, 1.807) is 0 Å². The number of hydrogen-bond acceptors (Lipinski definition) is 2. The zero-order valence-corrected chi connectivity index (χ0v) is 14.7. The van der Waals surface area contributed by atoms with Crippen LogP contribution in [0.2, 0.25) is 0 Å². The van der Waals surface area contributed by atoms with Crippen LogP contribution in [0.1, 0.15) is 25.8 Å². The molecular formula is C16H15F11O2. The SMILES string of the molecule is CCOc1cccc(C(C)(O)CC(F)(F)C(F)(F)C(F)(F)C(F)(F)C(F)(F)F)c1. The third-order valence-corrected chi connectivity index (χ3v) is 3.94. The Hall–Kier alpha value is -1.79. The molecule has 0 saturated carbocycles. The van der Waals surface area contributed by atoms with E-state index in [2.05, 4.69) is 0 Å². The second-order valence-electron chi connectivity index (χ2n) is 6.34. The van der Waals surface area contributed by atoms with Gasteiger partial charge in [0.15, 0.2) is 0 Å². The highest BCUT2D eigenvalue weighted by Gasteiger charge is 2.87. The van der Waals surface area contributed by atoms with Gasteiger partial charge in [0.25, 0.3) is 0 Å². The van der Waals surface area contributed by atoms with E-state index in [9.17, 15) is 53.4 Å². The van der Waals surface area contributed by atoms with Crippen LogP contribution >= 0.6 is 0 Å². The second kappa shape index (κ2) is 7.47. The molecule has 0 aromatic heterocycles. The van der Waals surface area contributed by atoms with Crippen LogP contribution in [0.3, 0.4) is 0 Å². The van der Waals surface area contributed by atoms with E-state index in [1.807, 2.05) is 0 Å². The van der Waals surface area contributed by atoms with E-state index in [0.29, 0.717) is 6.92 Å². The minimum Gasteiger partial charge on any atom is -0.494 e. The number of halogens is 11. The third-order valence-electron chi connectivity index (χ3n) is 3.94. The molecule has 1 atom stereocenters. The van der Waals surface area contributed by atoms with E-state index in [1.165, 1.54) is 13.0 Å². The van der Waals surface area contributed by atoms with E-state index in [-0.39, 0.29) is 12.4 Å². The van der Waals surface area contributed by atoms with Gasteiger partial charge in [-0.25, -0.2) is 0 Å². The summed E-state index contributed by atoms with van der Waals surface area (Å²) in [5.74, 6) is -28.3. The van der Waals surface area contributed by atoms with Crippen molar-refractivity contribution in [3.05, 3.63) is 29.8 Å². The summed E-state index contributed by atoms with van der Waals surface area (Å²) in [5, 5.41) is 10.1. The van der Waals surface area contributed by atoms with Crippen molar-refractivity contribution in [1.29, 1.82) is 0 Å². The summed E-state index contributed by atoms with van der Waals surface area (Å²) in [4.78, 5) is 0. The smallest absolute Gasteiger partial charge is 0.460 e. The first-order valence-electron chi connectivity index (χ1n) is 7.78. The summed E-state index contributed by atoms with van der Waals surface area (Å²) >= 11 is 0. The number of benzene rings is 1. The fourth-order valence-electron chi connectivity index (χ4n) is 2.34. The normalized spacial score (nSPS) is 16.5. The van der Waals surface area contributed by atoms with Crippen molar-refractivity contribution >= 4 is 0 Å². The maximum absolute atomic E-state index is 13.9. The van der Waals surface area contributed by atoms with Gasteiger partial charge in [-0.15, -0.1) is 0 Å². The molecule has 1 rings (SSSR count). The lowest BCUT2D eigenvalue weighted by atomic mass is 9.85. The molecule has 0 bridgehead atoms. The van der Waals surface area contributed by atoms with Crippen molar-refractivity contribution in [2.45, 2.75) is 55.7 Å². The van der Waals surface area contributed by atoms with Gasteiger partial charge in [-0.2, -0.15) is 48.3 Å². The monoisotopic (exact) mass is 448 g/mol. The number of ether oxygens (including phenoxy) is 1.